The van der Waals surface area contributed by atoms with Crippen LogP contribution in [-0.4, -0.2) is 40.5 Å². The van der Waals surface area contributed by atoms with Crippen molar-refractivity contribution in [3.8, 4) is 0 Å². The summed E-state index contributed by atoms with van der Waals surface area (Å²) in [6, 6.07) is 3.36. The van der Waals surface area contributed by atoms with Crippen LogP contribution in [-0.2, 0) is 0 Å². The van der Waals surface area contributed by atoms with Gasteiger partial charge in [-0.15, -0.1) is 0 Å². The number of halogens is 1. The van der Waals surface area contributed by atoms with Crippen LogP contribution < -0.4 is 0 Å². The molecule has 7 heteroatoms. The van der Waals surface area contributed by atoms with E-state index in [-0.39, 0.29) is 22.9 Å². The van der Waals surface area contributed by atoms with Crippen molar-refractivity contribution in [1.29, 1.82) is 0 Å². The molecule has 0 aliphatic rings. The van der Waals surface area contributed by atoms with Crippen LogP contribution in [0, 0.1) is 10.1 Å². The van der Waals surface area contributed by atoms with E-state index in [9.17, 15) is 14.9 Å². The van der Waals surface area contributed by atoms with Crippen LogP contribution in [0.4, 0.5) is 5.69 Å². The van der Waals surface area contributed by atoms with E-state index < -0.39 is 16.9 Å². The molecule has 6 nitrogen and oxygen atoms in total. The highest BCUT2D eigenvalue weighted by Gasteiger charge is 2.25. The summed E-state index contributed by atoms with van der Waals surface area (Å²) < 4.78 is 0. The Labute approximate surface area is 109 Å². The molecular weight excluding hydrogens is 260 g/mol. The van der Waals surface area contributed by atoms with E-state index in [2.05, 4.69) is 0 Å². The number of likely N-dealkylation sites (N-methyl/N-ethyl adjacent to an activating group) is 1. The van der Waals surface area contributed by atoms with Gasteiger partial charge in [0.1, 0.15) is 5.56 Å². The molecule has 0 aromatic heterocycles. The Hall–Kier alpha value is -1.66. The second kappa shape index (κ2) is 5.79. The lowest BCUT2D eigenvalue weighted by molar-refractivity contribution is -0.385. The maximum atomic E-state index is 12.1. The first-order valence-electron chi connectivity index (χ1n) is 5.20. The number of benzene rings is 1. The number of aliphatic hydroxyl groups is 1. The highest BCUT2D eigenvalue weighted by atomic mass is 35.5. The lowest BCUT2D eigenvalue weighted by atomic mass is 10.1. The van der Waals surface area contributed by atoms with Gasteiger partial charge in [-0.3, -0.25) is 14.9 Å². The number of hydrogen-bond acceptors (Lipinski definition) is 4. The average molecular weight is 273 g/mol. The van der Waals surface area contributed by atoms with Crippen molar-refractivity contribution in [1.82, 2.24) is 4.90 Å². The molecule has 98 valence electrons. The monoisotopic (exact) mass is 272 g/mol. The third-order valence-electron chi connectivity index (χ3n) is 2.63. The first-order chi connectivity index (χ1) is 8.38. The topological polar surface area (TPSA) is 83.7 Å². The highest BCUT2D eigenvalue weighted by molar-refractivity contribution is 6.31. The van der Waals surface area contributed by atoms with E-state index in [4.69, 9.17) is 16.7 Å². The van der Waals surface area contributed by atoms with Gasteiger partial charge in [-0.2, -0.15) is 0 Å². The van der Waals surface area contributed by atoms with Crippen LogP contribution in [0.15, 0.2) is 18.2 Å². The molecule has 1 unspecified atom stereocenters. The second-order valence-electron chi connectivity index (χ2n) is 3.87. The lowest BCUT2D eigenvalue weighted by Crippen LogP contribution is -2.37. The fourth-order valence-corrected chi connectivity index (χ4v) is 1.52. The zero-order valence-corrected chi connectivity index (χ0v) is 10.7. The highest BCUT2D eigenvalue weighted by Crippen LogP contribution is 2.24. The van der Waals surface area contributed by atoms with Gasteiger partial charge in [0.2, 0.25) is 0 Å². The van der Waals surface area contributed by atoms with Gasteiger partial charge in [0.25, 0.3) is 11.6 Å². The minimum atomic E-state index is -0.638. The number of nitro benzene ring substituents is 1. The molecule has 0 saturated heterocycles. The summed E-state index contributed by atoms with van der Waals surface area (Å²) in [6.45, 7) is 1.41. The average Bonchev–Trinajstić information content (AvgIpc) is 2.35. The Bertz CT molecular complexity index is 478. The summed E-state index contributed by atoms with van der Waals surface area (Å²) in [5.74, 6) is -0.550. The summed E-state index contributed by atoms with van der Waals surface area (Å²) >= 11 is 5.74. The van der Waals surface area contributed by atoms with Crippen LogP contribution in [0.2, 0.25) is 5.02 Å². The molecule has 1 N–H and O–H groups in total. The normalized spacial score (nSPS) is 12.0. The molecule has 0 aliphatic heterocycles. The first kappa shape index (κ1) is 14.4. The van der Waals surface area contributed by atoms with Gasteiger partial charge in [-0.25, -0.2) is 0 Å². The Morgan fingerprint density at radius 3 is 2.72 bits per heavy atom. The van der Waals surface area contributed by atoms with E-state index in [1.807, 2.05) is 0 Å². The number of rotatable bonds is 4. The predicted octanol–water partition coefficient (Wildman–Crippen LogP) is 1.70. The molecule has 0 fully saturated rings. The number of amides is 1. The first-order valence-corrected chi connectivity index (χ1v) is 5.58. The quantitative estimate of drug-likeness (QED) is 0.668. The van der Waals surface area contributed by atoms with Crippen molar-refractivity contribution in [2.24, 2.45) is 0 Å². The molecule has 0 bridgehead atoms. The second-order valence-corrected chi connectivity index (χ2v) is 4.30. The summed E-state index contributed by atoms with van der Waals surface area (Å²) in [7, 11) is 1.47. The Morgan fingerprint density at radius 1 is 1.61 bits per heavy atom. The van der Waals surface area contributed by atoms with Crippen molar-refractivity contribution in [2.75, 3.05) is 13.7 Å². The number of hydrogen-bond donors (Lipinski definition) is 1. The smallest absolute Gasteiger partial charge is 0.282 e. The Morgan fingerprint density at radius 2 is 2.22 bits per heavy atom. The molecule has 0 aliphatic carbocycles. The maximum Gasteiger partial charge on any atom is 0.282 e. The zero-order valence-electron chi connectivity index (χ0n) is 9.96. The summed E-state index contributed by atoms with van der Waals surface area (Å²) in [5, 5.41) is 20.1. The van der Waals surface area contributed by atoms with Gasteiger partial charge >= 0.3 is 0 Å². The Kier molecular flexibility index (Phi) is 4.63. The number of carbonyl (C=O) groups excluding carboxylic acids is 1. The molecule has 1 atom stereocenters. The van der Waals surface area contributed by atoms with Gasteiger partial charge in [0.05, 0.1) is 17.6 Å². The fraction of sp³-hybridized carbons (Fsp3) is 0.364. The molecule has 1 aromatic rings. The van der Waals surface area contributed by atoms with Crippen LogP contribution in [0.5, 0.6) is 0 Å². The third kappa shape index (κ3) is 2.96. The molecule has 1 rings (SSSR count). The van der Waals surface area contributed by atoms with Gasteiger partial charge in [-0.1, -0.05) is 11.6 Å². The van der Waals surface area contributed by atoms with Gasteiger partial charge < -0.3 is 10.0 Å². The molecule has 0 radical (unpaired) electrons. The summed E-state index contributed by atoms with van der Waals surface area (Å²) in [5.41, 5.74) is -0.392. The van der Waals surface area contributed by atoms with Gasteiger partial charge in [-0.05, 0) is 19.1 Å². The lowest BCUT2D eigenvalue weighted by Gasteiger charge is -2.23. The number of aliphatic hydroxyl groups excluding tert-OH is 1. The standard InChI is InChI=1S/C11H13ClN2O4/c1-7(6-15)13(2)11(16)9-5-8(12)3-4-10(9)14(17)18/h3-5,7,15H,6H2,1-2H3. The number of nitrogens with zero attached hydrogens (tertiary/aromatic N) is 2. The third-order valence-corrected chi connectivity index (χ3v) is 2.87. The predicted molar refractivity (Wildman–Crippen MR) is 66.7 cm³/mol. The van der Waals surface area contributed by atoms with Crippen LogP contribution in [0.3, 0.4) is 0 Å². The maximum absolute atomic E-state index is 12.1. The van der Waals surface area contributed by atoms with Crippen molar-refractivity contribution in [3.63, 3.8) is 0 Å². The SMILES string of the molecule is CC(CO)N(C)C(=O)c1cc(Cl)ccc1[N+](=O)[O-]. The van der Waals surface area contributed by atoms with E-state index in [1.54, 1.807) is 6.92 Å². The molecular formula is C11H13ClN2O4. The van der Waals surface area contributed by atoms with Crippen molar-refractivity contribution < 1.29 is 14.8 Å². The molecule has 0 spiro atoms. The molecule has 0 saturated carbocycles. The van der Waals surface area contributed by atoms with Crippen LogP contribution in [0.1, 0.15) is 17.3 Å². The van der Waals surface area contributed by atoms with Gasteiger partial charge in [0.15, 0.2) is 0 Å². The molecule has 18 heavy (non-hydrogen) atoms. The van der Waals surface area contributed by atoms with E-state index >= 15 is 0 Å². The van der Waals surface area contributed by atoms with E-state index in [0.717, 1.165) is 0 Å². The fourth-order valence-electron chi connectivity index (χ4n) is 1.35. The number of nitro groups is 1. The van der Waals surface area contributed by atoms with Crippen molar-refractivity contribution in [2.45, 2.75) is 13.0 Å². The van der Waals surface area contributed by atoms with E-state index in [0.29, 0.717) is 0 Å². The molecule has 0 heterocycles. The Balaban J connectivity index is 3.19. The largest absolute Gasteiger partial charge is 0.394 e. The minimum absolute atomic E-state index is 0.0877. The minimum Gasteiger partial charge on any atom is -0.394 e. The van der Waals surface area contributed by atoms with Crippen LogP contribution in [0.25, 0.3) is 0 Å². The van der Waals surface area contributed by atoms with E-state index in [1.165, 1.54) is 30.1 Å². The number of carbonyl (C=O) groups is 1. The molecule has 1 aromatic carbocycles. The van der Waals surface area contributed by atoms with Crippen molar-refractivity contribution in [3.05, 3.63) is 38.9 Å². The summed E-state index contributed by atoms with van der Waals surface area (Å²) in [6.07, 6.45) is 0. The molecule has 1 amide bonds. The van der Waals surface area contributed by atoms with Crippen LogP contribution >= 0.6 is 11.6 Å². The van der Waals surface area contributed by atoms with Crippen molar-refractivity contribution >= 4 is 23.2 Å². The van der Waals surface area contributed by atoms with Gasteiger partial charge in [0, 0.05) is 18.1 Å². The summed E-state index contributed by atoms with van der Waals surface area (Å²) in [4.78, 5) is 23.5. The zero-order chi connectivity index (χ0) is 13.9.